The number of aryl methyl sites for hydroxylation is 2. The Morgan fingerprint density at radius 3 is 2.80 bits per heavy atom. The van der Waals surface area contributed by atoms with E-state index < -0.39 is 5.97 Å². The van der Waals surface area contributed by atoms with Crippen LogP contribution in [0.5, 0.6) is 0 Å². The van der Waals surface area contributed by atoms with E-state index in [9.17, 15) is 9.90 Å². The van der Waals surface area contributed by atoms with Crippen LogP contribution in [0.4, 0.5) is 5.69 Å². The third-order valence-electron chi connectivity index (χ3n) is 4.29. The molecule has 1 aliphatic heterocycles. The minimum absolute atomic E-state index is 0.366. The first-order chi connectivity index (χ1) is 9.52. The molecular weight excluding hydrogens is 252 g/mol. The zero-order valence-corrected chi connectivity index (χ0v) is 12.6. The molecule has 20 heavy (non-hydrogen) atoms. The Bertz CT molecular complexity index is 499. The summed E-state index contributed by atoms with van der Waals surface area (Å²) in [5, 5.41) is 9.47. The smallest absolute Gasteiger partial charge is 0.339 e. The highest BCUT2D eigenvalue weighted by molar-refractivity contribution is 5.95. The lowest BCUT2D eigenvalue weighted by Crippen LogP contribution is -2.27. The number of hydrogen-bond acceptors (Lipinski definition) is 3. The zero-order valence-electron chi connectivity index (χ0n) is 12.6. The van der Waals surface area contributed by atoms with E-state index in [1.54, 1.807) is 6.92 Å². The molecule has 0 bridgehead atoms. The SMILES string of the molecule is CCC1CCCN(c2cc(C)nc(C)c2C(=O)O)CC1. The van der Waals surface area contributed by atoms with Crippen molar-refractivity contribution in [3.05, 3.63) is 23.0 Å². The van der Waals surface area contributed by atoms with Crippen molar-refractivity contribution in [1.29, 1.82) is 0 Å². The van der Waals surface area contributed by atoms with Crippen molar-refractivity contribution in [2.24, 2.45) is 5.92 Å². The van der Waals surface area contributed by atoms with Crippen LogP contribution in [0, 0.1) is 19.8 Å². The first-order valence-corrected chi connectivity index (χ1v) is 7.49. The van der Waals surface area contributed by atoms with Crippen molar-refractivity contribution in [3.63, 3.8) is 0 Å². The molecule has 110 valence electrons. The van der Waals surface area contributed by atoms with Crippen molar-refractivity contribution >= 4 is 11.7 Å². The molecule has 0 aliphatic carbocycles. The minimum atomic E-state index is -0.874. The molecule has 1 atom stereocenters. The van der Waals surface area contributed by atoms with Gasteiger partial charge in [-0.3, -0.25) is 4.98 Å². The van der Waals surface area contributed by atoms with Gasteiger partial charge in [0.2, 0.25) is 0 Å². The minimum Gasteiger partial charge on any atom is -0.478 e. The average Bonchev–Trinajstić information content (AvgIpc) is 2.62. The van der Waals surface area contributed by atoms with E-state index in [0.29, 0.717) is 11.3 Å². The summed E-state index contributed by atoms with van der Waals surface area (Å²) in [6.07, 6.45) is 4.75. The van der Waals surface area contributed by atoms with Crippen molar-refractivity contribution in [1.82, 2.24) is 4.98 Å². The van der Waals surface area contributed by atoms with E-state index in [-0.39, 0.29) is 0 Å². The number of carboxylic acids is 1. The van der Waals surface area contributed by atoms with Gasteiger partial charge in [-0.25, -0.2) is 4.79 Å². The van der Waals surface area contributed by atoms with Gasteiger partial charge in [0.15, 0.2) is 0 Å². The summed E-state index contributed by atoms with van der Waals surface area (Å²) >= 11 is 0. The first-order valence-electron chi connectivity index (χ1n) is 7.49. The highest BCUT2D eigenvalue weighted by Gasteiger charge is 2.22. The molecule has 0 amide bonds. The van der Waals surface area contributed by atoms with Gasteiger partial charge in [0.1, 0.15) is 5.56 Å². The third kappa shape index (κ3) is 3.11. The summed E-state index contributed by atoms with van der Waals surface area (Å²) in [6.45, 7) is 7.84. The largest absolute Gasteiger partial charge is 0.478 e. The van der Waals surface area contributed by atoms with Crippen LogP contribution in [-0.2, 0) is 0 Å². The molecule has 0 saturated carbocycles. The average molecular weight is 276 g/mol. The highest BCUT2D eigenvalue weighted by Crippen LogP contribution is 2.28. The number of pyridine rings is 1. The van der Waals surface area contributed by atoms with E-state index in [0.717, 1.165) is 43.2 Å². The van der Waals surface area contributed by atoms with Crippen molar-refractivity contribution < 1.29 is 9.90 Å². The molecule has 2 heterocycles. The van der Waals surface area contributed by atoms with Gasteiger partial charge in [-0.1, -0.05) is 13.3 Å². The number of carbonyl (C=O) groups is 1. The molecule has 4 heteroatoms. The van der Waals surface area contributed by atoms with Crippen molar-refractivity contribution in [2.75, 3.05) is 18.0 Å². The number of carboxylic acid groups (broad SMARTS) is 1. The lowest BCUT2D eigenvalue weighted by atomic mass is 9.98. The second kappa shape index (κ2) is 6.25. The highest BCUT2D eigenvalue weighted by atomic mass is 16.4. The van der Waals surface area contributed by atoms with Crippen molar-refractivity contribution in [3.8, 4) is 0 Å². The van der Waals surface area contributed by atoms with Gasteiger partial charge in [-0.05, 0) is 45.1 Å². The van der Waals surface area contributed by atoms with Crippen LogP contribution in [0.1, 0.15) is 54.4 Å². The Morgan fingerprint density at radius 2 is 2.15 bits per heavy atom. The number of aromatic carboxylic acids is 1. The molecule has 1 aromatic heterocycles. The normalized spacial score (nSPS) is 19.8. The van der Waals surface area contributed by atoms with Gasteiger partial charge in [0.05, 0.1) is 11.4 Å². The van der Waals surface area contributed by atoms with E-state index in [4.69, 9.17) is 0 Å². The van der Waals surface area contributed by atoms with Gasteiger partial charge in [-0.15, -0.1) is 0 Å². The number of rotatable bonds is 3. The zero-order chi connectivity index (χ0) is 14.7. The summed E-state index contributed by atoms with van der Waals surface area (Å²) in [7, 11) is 0. The Kier molecular flexibility index (Phi) is 4.63. The monoisotopic (exact) mass is 276 g/mol. The molecule has 4 nitrogen and oxygen atoms in total. The maximum absolute atomic E-state index is 11.5. The fourth-order valence-corrected chi connectivity index (χ4v) is 3.14. The number of hydrogen-bond donors (Lipinski definition) is 1. The van der Waals surface area contributed by atoms with Crippen LogP contribution < -0.4 is 4.90 Å². The Hall–Kier alpha value is -1.58. The molecule has 0 spiro atoms. The lowest BCUT2D eigenvalue weighted by molar-refractivity contribution is 0.0696. The first kappa shape index (κ1) is 14.8. The second-order valence-electron chi connectivity index (χ2n) is 5.74. The molecule has 1 fully saturated rings. The molecule has 0 radical (unpaired) electrons. The maximum atomic E-state index is 11.5. The lowest BCUT2D eigenvalue weighted by Gasteiger charge is -2.25. The Labute approximate surface area is 120 Å². The van der Waals surface area contributed by atoms with Crippen LogP contribution in [0.15, 0.2) is 6.07 Å². The van der Waals surface area contributed by atoms with Gasteiger partial charge in [-0.2, -0.15) is 0 Å². The number of aromatic nitrogens is 1. The fraction of sp³-hybridized carbons (Fsp3) is 0.625. The second-order valence-corrected chi connectivity index (χ2v) is 5.74. The summed E-state index contributed by atoms with van der Waals surface area (Å²) in [5.41, 5.74) is 2.72. The van der Waals surface area contributed by atoms with E-state index in [1.807, 2.05) is 13.0 Å². The van der Waals surface area contributed by atoms with Gasteiger partial charge >= 0.3 is 5.97 Å². The van der Waals surface area contributed by atoms with Crippen molar-refractivity contribution in [2.45, 2.75) is 46.5 Å². The molecule has 2 rings (SSSR count). The number of nitrogens with zero attached hydrogens (tertiary/aromatic N) is 2. The third-order valence-corrected chi connectivity index (χ3v) is 4.29. The predicted molar refractivity (Wildman–Crippen MR) is 80.5 cm³/mol. The van der Waals surface area contributed by atoms with Gasteiger partial charge < -0.3 is 10.0 Å². The number of anilines is 1. The van der Waals surface area contributed by atoms with E-state index >= 15 is 0 Å². The van der Waals surface area contributed by atoms with E-state index in [2.05, 4.69) is 16.8 Å². The van der Waals surface area contributed by atoms with Crippen LogP contribution in [0.2, 0.25) is 0 Å². The van der Waals surface area contributed by atoms with Crippen LogP contribution in [0.25, 0.3) is 0 Å². The van der Waals surface area contributed by atoms with Crippen LogP contribution in [0.3, 0.4) is 0 Å². The summed E-state index contributed by atoms with van der Waals surface area (Å²) in [5.74, 6) is -0.0985. The Balaban J connectivity index is 2.34. The molecule has 1 aromatic rings. The topological polar surface area (TPSA) is 53.4 Å². The van der Waals surface area contributed by atoms with Gasteiger partial charge in [0, 0.05) is 18.8 Å². The van der Waals surface area contributed by atoms with Crippen LogP contribution >= 0.6 is 0 Å². The fourth-order valence-electron chi connectivity index (χ4n) is 3.14. The Morgan fingerprint density at radius 1 is 1.40 bits per heavy atom. The maximum Gasteiger partial charge on any atom is 0.339 e. The summed E-state index contributed by atoms with van der Waals surface area (Å²) < 4.78 is 0. The molecular formula is C16H24N2O2. The van der Waals surface area contributed by atoms with Crippen LogP contribution in [-0.4, -0.2) is 29.1 Å². The molecule has 0 aromatic carbocycles. The van der Waals surface area contributed by atoms with Gasteiger partial charge in [0.25, 0.3) is 0 Å². The molecule has 1 N–H and O–H groups in total. The quantitative estimate of drug-likeness (QED) is 0.919. The molecule has 1 aliphatic rings. The standard InChI is InChI=1S/C16H24N2O2/c1-4-13-6-5-8-18(9-7-13)14-10-11(2)17-12(3)15(14)16(19)20/h10,13H,4-9H2,1-3H3,(H,19,20). The summed E-state index contributed by atoms with van der Waals surface area (Å²) in [6, 6.07) is 1.92. The van der Waals surface area contributed by atoms with E-state index in [1.165, 1.54) is 12.8 Å². The molecule has 1 unspecified atom stereocenters. The summed E-state index contributed by atoms with van der Waals surface area (Å²) in [4.78, 5) is 18.1. The molecule has 1 saturated heterocycles. The predicted octanol–water partition coefficient (Wildman–Crippen LogP) is 3.41.